The number of fused-ring (bicyclic) bond motifs is 1. The Balaban J connectivity index is 1.77. The number of H-pyrrole nitrogens is 1. The van der Waals surface area contributed by atoms with Gasteiger partial charge in [0, 0.05) is 13.0 Å². The standard InChI is InChI=1S/C25H32N4O2/c1-19(24-27-22-14-8-7-13-21(22)25(31)28-24)29(18-10-3-2-9-17-26)23(30)16-15-20-11-5-4-6-12-20/h4-8,11-14,19H,2-3,9-10,15-18,26H2,1H3,(H,27,28,31)/p+1/t19-/m0/s1. The number of carbonyl (C=O) groups excluding carboxylic acids is 1. The maximum Gasteiger partial charge on any atom is 0.258 e. The van der Waals surface area contributed by atoms with Crippen LogP contribution in [0.2, 0.25) is 0 Å². The van der Waals surface area contributed by atoms with E-state index in [4.69, 9.17) is 0 Å². The molecule has 0 aliphatic carbocycles. The smallest absolute Gasteiger partial charge is 0.258 e. The summed E-state index contributed by atoms with van der Waals surface area (Å²) in [5, 5.41) is 0.563. The van der Waals surface area contributed by atoms with Crippen molar-refractivity contribution in [2.75, 3.05) is 13.1 Å². The first kappa shape index (κ1) is 22.7. The molecule has 0 aliphatic heterocycles. The summed E-state index contributed by atoms with van der Waals surface area (Å²) < 4.78 is 0. The Morgan fingerprint density at radius 3 is 2.52 bits per heavy atom. The van der Waals surface area contributed by atoms with E-state index in [1.807, 2.05) is 60.4 Å². The van der Waals surface area contributed by atoms with E-state index >= 15 is 0 Å². The van der Waals surface area contributed by atoms with Crippen molar-refractivity contribution in [3.05, 3.63) is 76.3 Å². The van der Waals surface area contributed by atoms with Crippen molar-refractivity contribution in [2.24, 2.45) is 0 Å². The number of aromatic nitrogens is 2. The molecule has 0 aliphatic rings. The Morgan fingerprint density at radius 2 is 1.74 bits per heavy atom. The quantitative estimate of drug-likeness (QED) is 0.465. The Hall–Kier alpha value is -2.99. The number of aromatic amines is 1. The van der Waals surface area contributed by atoms with E-state index in [0.29, 0.717) is 36.1 Å². The topological polar surface area (TPSA) is 93.7 Å². The molecule has 3 rings (SSSR count). The number of hydrogen-bond acceptors (Lipinski definition) is 3. The second-order valence-electron chi connectivity index (χ2n) is 7.98. The number of nitrogens with zero attached hydrogens (tertiary/aromatic N) is 2. The average Bonchev–Trinajstić information content (AvgIpc) is 2.80. The third kappa shape index (κ3) is 6.25. The van der Waals surface area contributed by atoms with E-state index < -0.39 is 0 Å². The van der Waals surface area contributed by atoms with Gasteiger partial charge in [0.2, 0.25) is 5.91 Å². The molecule has 4 N–H and O–H groups in total. The van der Waals surface area contributed by atoms with Crippen LogP contribution in [0.15, 0.2) is 59.4 Å². The number of quaternary nitrogens is 1. The van der Waals surface area contributed by atoms with E-state index in [0.717, 1.165) is 37.8 Å². The Morgan fingerprint density at radius 1 is 1.03 bits per heavy atom. The van der Waals surface area contributed by atoms with Gasteiger partial charge >= 0.3 is 0 Å². The number of unbranched alkanes of at least 4 members (excludes halogenated alkanes) is 3. The highest BCUT2D eigenvalue weighted by atomic mass is 16.2. The molecule has 0 saturated heterocycles. The molecule has 31 heavy (non-hydrogen) atoms. The average molecular weight is 422 g/mol. The zero-order valence-electron chi connectivity index (χ0n) is 18.3. The molecule has 0 bridgehead atoms. The van der Waals surface area contributed by atoms with Gasteiger partial charge in [0.05, 0.1) is 23.5 Å². The predicted octanol–water partition coefficient (Wildman–Crippen LogP) is 3.25. The van der Waals surface area contributed by atoms with Gasteiger partial charge in [-0.15, -0.1) is 0 Å². The van der Waals surface area contributed by atoms with E-state index in [9.17, 15) is 9.59 Å². The summed E-state index contributed by atoms with van der Waals surface area (Å²) in [4.78, 5) is 35.2. The minimum Gasteiger partial charge on any atom is -0.358 e. The lowest BCUT2D eigenvalue weighted by Crippen LogP contribution is -2.50. The fourth-order valence-electron chi connectivity index (χ4n) is 3.84. The van der Waals surface area contributed by atoms with E-state index in [2.05, 4.69) is 15.7 Å². The molecule has 1 amide bonds. The number of nitrogens with one attached hydrogen (secondary N) is 1. The van der Waals surface area contributed by atoms with Gasteiger partial charge in [0.15, 0.2) is 0 Å². The summed E-state index contributed by atoms with van der Waals surface area (Å²) in [6, 6.07) is 17.1. The molecule has 0 unspecified atom stereocenters. The molecule has 3 aromatic rings. The van der Waals surface area contributed by atoms with Crippen molar-refractivity contribution in [1.82, 2.24) is 14.9 Å². The van der Waals surface area contributed by atoms with Crippen LogP contribution >= 0.6 is 0 Å². The van der Waals surface area contributed by atoms with Gasteiger partial charge in [-0.05, 0) is 50.3 Å². The lowest BCUT2D eigenvalue weighted by atomic mass is 10.1. The van der Waals surface area contributed by atoms with Crippen LogP contribution in [0.4, 0.5) is 0 Å². The summed E-state index contributed by atoms with van der Waals surface area (Å²) in [7, 11) is 0. The van der Waals surface area contributed by atoms with Crippen LogP contribution < -0.4 is 11.3 Å². The van der Waals surface area contributed by atoms with Gasteiger partial charge < -0.3 is 15.6 Å². The molecule has 6 heteroatoms. The number of aryl methyl sites for hydroxylation is 1. The summed E-state index contributed by atoms with van der Waals surface area (Å²) in [6.45, 7) is 3.55. The zero-order valence-corrected chi connectivity index (χ0v) is 18.3. The number of rotatable bonds is 11. The second kappa shape index (κ2) is 11.4. The van der Waals surface area contributed by atoms with Gasteiger partial charge in [-0.1, -0.05) is 48.9 Å². The van der Waals surface area contributed by atoms with Crippen LogP contribution in [0.5, 0.6) is 0 Å². The van der Waals surface area contributed by atoms with Crippen LogP contribution in [0, 0.1) is 0 Å². The van der Waals surface area contributed by atoms with Gasteiger partial charge in [0.1, 0.15) is 5.82 Å². The van der Waals surface area contributed by atoms with E-state index in [-0.39, 0.29) is 17.5 Å². The Kier molecular flexibility index (Phi) is 8.35. The van der Waals surface area contributed by atoms with Gasteiger partial charge in [-0.2, -0.15) is 0 Å². The van der Waals surface area contributed by atoms with Crippen molar-refractivity contribution in [3.63, 3.8) is 0 Å². The minimum absolute atomic E-state index is 0.0873. The fraction of sp³-hybridized carbons (Fsp3) is 0.400. The molecule has 1 heterocycles. The highest BCUT2D eigenvalue weighted by molar-refractivity contribution is 5.78. The molecular formula is C25H33N4O2+. The highest BCUT2D eigenvalue weighted by Gasteiger charge is 2.23. The van der Waals surface area contributed by atoms with E-state index in [1.165, 1.54) is 0 Å². The number of carbonyl (C=O) groups is 1. The summed E-state index contributed by atoms with van der Waals surface area (Å²) in [6.07, 6.45) is 5.36. The third-order valence-corrected chi connectivity index (χ3v) is 5.68. The fourth-order valence-corrected chi connectivity index (χ4v) is 3.84. The first-order valence-electron chi connectivity index (χ1n) is 11.2. The van der Waals surface area contributed by atoms with Crippen molar-refractivity contribution >= 4 is 16.8 Å². The summed E-state index contributed by atoms with van der Waals surface area (Å²) in [5.74, 6) is 0.624. The lowest BCUT2D eigenvalue weighted by Gasteiger charge is -2.29. The summed E-state index contributed by atoms with van der Waals surface area (Å²) in [5.41, 5.74) is 5.53. The van der Waals surface area contributed by atoms with Crippen molar-refractivity contribution < 1.29 is 10.5 Å². The van der Waals surface area contributed by atoms with Crippen LogP contribution in [0.1, 0.15) is 56.5 Å². The number of hydrogen-bond donors (Lipinski definition) is 2. The number of benzene rings is 2. The van der Waals surface area contributed by atoms with Crippen LogP contribution in [-0.4, -0.2) is 33.9 Å². The Bertz CT molecular complexity index is 1030. The van der Waals surface area contributed by atoms with Crippen LogP contribution in [-0.2, 0) is 11.2 Å². The number of amides is 1. The van der Waals surface area contributed by atoms with Crippen molar-refractivity contribution in [3.8, 4) is 0 Å². The molecule has 2 aromatic carbocycles. The molecule has 1 aromatic heterocycles. The Labute approximate surface area is 183 Å². The van der Waals surface area contributed by atoms with Crippen LogP contribution in [0.3, 0.4) is 0 Å². The number of para-hydroxylation sites is 1. The molecule has 6 nitrogen and oxygen atoms in total. The first-order chi connectivity index (χ1) is 15.1. The second-order valence-corrected chi connectivity index (χ2v) is 7.98. The molecule has 0 radical (unpaired) electrons. The van der Waals surface area contributed by atoms with Crippen molar-refractivity contribution in [1.29, 1.82) is 0 Å². The highest BCUT2D eigenvalue weighted by Crippen LogP contribution is 2.20. The zero-order chi connectivity index (χ0) is 22.1. The molecule has 0 spiro atoms. The largest absolute Gasteiger partial charge is 0.358 e. The third-order valence-electron chi connectivity index (χ3n) is 5.68. The van der Waals surface area contributed by atoms with Gasteiger partial charge in [-0.3, -0.25) is 9.59 Å². The van der Waals surface area contributed by atoms with Gasteiger partial charge in [-0.25, -0.2) is 4.98 Å². The molecule has 0 saturated carbocycles. The molecular weight excluding hydrogens is 388 g/mol. The maximum atomic E-state index is 13.2. The molecule has 164 valence electrons. The lowest BCUT2D eigenvalue weighted by molar-refractivity contribution is -0.368. The summed E-state index contributed by atoms with van der Waals surface area (Å²) >= 11 is 0. The SMILES string of the molecule is C[C@@H](c1nc2ccccc2c(=O)[nH]1)N(CCCCCC[NH3+])C(=O)CCc1ccccc1. The normalized spacial score (nSPS) is 12.1. The minimum atomic E-state index is -0.298. The van der Waals surface area contributed by atoms with E-state index in [1.54, 1.807) is 6.07 Å². The van der Waals surface area contributed by atoms with Crippen molar-refractivity contribution in [2.45, 2.75) is 51.5 Å². The monoisotopic (exact) mass is 421 g/mol. The maximum absolute atomic E-state index is 13.2. The molecule has 0 fully saturated rings. The molecule has 1 atom stereocenters. The first-order valence-corrected chi connectivity index (χ1v) is 11.2. The predicted molar refractivity (Wildman–Crippen MR) is 123 cm³/mol. The van der Waals surface area contributed by atoms with Crippen LogP contribution in [0.25, 0.3) is 10.9 Å². The van der Waals surface area contributed by atoms with Gasteiger partial charge in [0.25, 0.3) is 5.56 Å².